The van der Waals surface area contributed by atoms with Crippen molar-refractivity contribution in [2.45, 2.75) is 61.3 Å². The fourth-order valence-corrected chi connectivity index (χ4v) is 1.99. The number of hydrogen-bond donors (Lipinski definition) is 0. The fraction of sp³-hybridized carbons (Fsp3) is 0.846. The molecule has 0 aromatic rings. The molecular weight excluding hydrogens is 156 g/mol. The molecule has 0 nitrogen and oxygen atoms in total. The summed E-state index contributed by atoms with van der Waals surface area (Å²) in [5.74, 6) is 0. The van der Waals surface area contributed by atoms with Crippen LogP contribution in [-0.4, -0.2) is 0 Å². The maximum Gasteiger partial charge on any atom is -0.0296 e. The molecule has 0 heterocycles. The van der Waals surface area contributed by atoms with Gasteiger partial charge in [0.25, 0.3) is 0 Å². The van der Waals surface area contributed by atoms with Gasteiger partial charge < -0.3 is 0 Å². The largest absolute Gasteiger partial charge is 0.0854 e. The average Bonchev–Trinajstić information content (AvgIpc) is 1.78. The van der Waals surface area contributed by atoms with Crippen LogP contribution in [0.1, 0.15) is 61.3 Å². The average molecular weight is 182 g/mol. The Morgan fingerprint density at radius 3 is 1.77 bits per heavy atom. The van der Waals surface area contributed by atoms with E-state index < -0.39 is 0 Å². The Morgan fingerprint density at radius 1 is 1.00 bits per heavy atom. The molecule has 0 aliphatic carbocycles. The molecule has 0 N–H and O–H groups in total. The third-order valence-corrected chi connectivity index (χ3v) is 2.07. The first kappa shape index (κ1) is 12.7. The molecule has 0 aromatic carbocycles. The molecule has 13 heavy (non-hydrogen) atoms. The van der Waals surface area contributed by atoms with Crippen molar-refractivity contribution in [1.82, 2.24) is 0 Å². The topological polar surface area (TPSA) is 0 Å². The summed E-state index contributed by atoms with van der Waals surface area (Å²) < 4.78 is 0. The fourth-order valence-electron chi connectivity index (χ4n) is 1.99. The van der Waals surface area contributed by atoms with Gasteiger partial charge in [-0.3, -0.25) is 0 Å². The van der Waals surface area contributed by atoms with Crippen molar-refractivity contribution in [2.75, 3.05) is 0 Å². The van der Waals surface area contributed by atoms with Gasteiger partial charge in [-0.05, 0) is 37.5 Å². The van der Waals surface area contributed by atoms with E-state index in [1.54, 1.807) is 0 Å². The molecule has 0 unspecified atom stereocenters. The molecule has 0 aromatic heterocycles. The second-order valence-corrected chi connectivity index (χ2v) is 6.39. The lowest BCUT2D eigenvalue weighted by molar-refractivity contribution is 0.214. The minimum atomic E-state index is 0.440. The van der Waals surface area contributed by atoms with E-state index in [1.165, 1.54) is 18.4 Å². The van der Waals surface area contributed by atoms with Crippen LogP contribution >= 0.6 is 0 Å². The van der Waals surface area contributed by atoms with Gasteiger partial charge in [0.05, 0.1) is 0 Å². The van der Waals surface area contributed by atoms with Gasteiger partial charge >= 0.3 is 0 Å². The third kappa shape index (κ3) is 8.08. The molecule has 0 rings (SSSR count). The zero-order valence-corrected chi connectivity index (χ0v) is 10.5. The van der Waals surface area contributed by atoms with Crippen LogP contribution < -0.4 is 0 Å². The summed E-state index contributed by atoms with van der Waals surface area (Å²) in [5, 5.41) is 0. The minimum Gasteiger partial charge on any atom is -0.0854 e. The van der Waals surface area contributed by atoms with Crippen molar-refractivity contribution in [3.05, 3.63) is 11.6 Å². The van der Waals surface area contributed by atoms with E-state index in [2.05, 4.69) is 54.5 Å². The SMILES string of the molecule is CC(C)=CCC(C)(C)CC(C)(C)C. The Kier molecular flexibility index (Phi) is 4.22. The monoisotopic (exact) mass is 182 g/mol. The lowest BCUT2D eigenvalue weighted by Gasteiger charge is -2.31. The van der Waals surface area contributed by atoms with Crippen molar-refractivity contribution in [1.29, 1.82) is 0 Å². The van der Waals surface area contributed by atoms with Crippen LogP contribution in [0.2, 0.25) is 0 Å². The van der Waals surface area contributed by atoms with Gasteiger partial charge in [0.15, 0.2) is 0 Å². The summed E-state index contributed by atoms with van der Waals surface area (Å²) in [6.45, 7) is 16.0. The van der Waals surface area contributed by atoms with E-state index >= 15 is 0 Å². The second kappa shape index (κ2) is 4.30. The van der Waals surface area contributed by atoms with Crippen LogP contribution in [0, 0.1) is 10.8 Å². The van der Waals surface area contributed by atoms with Crippen molar-refractivity contribution in [3.63, 3.8) is 0 Å². The zero-order valence-electron chi connectivity index (χ0n) is 10.5. The number of hydrogen-bond acceptors (Lipinski definition) is 0. The van der Waals surface area contributed by atoms with E-state index in [0.717, 1.165) is 0 Å². The predicted molar refractivity (Wildman–Crippen MR) is 61.9 cm³/mol. The summed E-state index contributed by atoms with van der Waals surface area (Å²) >= 11 is 0. The quantitative estimate of drug-likeness (QED) is 0.550. The van der Waals surface area contributed by atoms with Crippen LogP contribution in [0.3, 0.4) is 0 Å². The summed E-state index contributed by atoms with van der Waals surface area (Å²) in [6, 6.07) is 0. The van der Waals surface area contributed by atoms with Crippen LogP contribution in [-0.2, 0) is 0 Å². The maximum absolute atomic E-state index is 2.36. The van der Waals surface area contributed by atoms with E-state index in [1.807, 2.05) is 0 Å². The Morgan fingerprint density at radius 2 is 1.46 bits per heavy atom. The minimum absolute atomic E-state index is 0.440. The van der Waals surface area contributed by atoms with E-state index in [9.17, 15) is 0 Å². The molecule has 0 amide bonds. The number of rotatable bonds is 3. The highest BCUT2D eigenvalue weighted by Gasteiger charge is 2.24. The second-order valence-electron chi connectivity index (χ2n) is 6.39. The van der Waals surface area contributed by atoms with Crippen molar-refractivity contribution < 1.29 is 0 Å². The molecule has 0 heteroatoms. The lowest BCUT2D eigenvalue weighted by atomic mass is 9.74. The zero-order chi connectivity index (χ0) is 10.7. The van der Waals surface area contributed by atoms with Crippen molar-refractivity contribution >= 4 is 0 Å². The molecule has 0 saturated heterocycles. The predicted octanol–water partition coefficient (Wildman–Crippen LogP) is 4.81. The van der Waals surface area contributed by atoms with Crippen molar-refractivity contribution in [2.24, 2.45) is 10.8 Å². The Bertz CT molecular complexity index is 173. The molecule has 0 aliphatic rings. The van der Waals surface area contributed by atoms with Gasteiger partial charge in [0, 0.05) is 0 Å². The molecule has 0 aliphatic heterocycles. The standard InChI is InChI=1S/C13H26/c1-11(2)8-9-13(6,7)10-12(3,4)5/h8H,9-10H2,1-7H3. The Hall–Kier alpha value is -0.260. The van der Waals surface area contributed by atoms with E-state index in [4.69, 9.17) is 0 Å². The van der Waals surface area contributed by atoms with Gasteiger partial charge in [0.1, 0.15) is 0 Å². The smallest absolute Gasteiger partial charge is 0.0296 e. The first-order valence-corrected chi connectivity index (χ1v) is 5.26. The molecular formula is C13H26. The maximum atomic E-state index is 2.36. The van der Waals surface area contributed by atoms with Crippen LogP contribution in [0.15, 0.2) is 11.6 Å². The highest BCUT2D eigenvalue weighted by molar-refractivity contribution is 4.96. The Balaban J connectivity index is 4.17. The van der Waals surface area contributed by atoms with E-state index in [-0.39, 0.29) is 0 Å². The van der Waals surface area contributed by atoms with Gasteiger partial charge in [-0.25, -0.2) is 0 Å². The first-order chi connectivity index (χ1) is 5.62. The third-order valence-electron chi connectivity index (χ3n) is 2.07. The molecule has 0 spiro atoms. The highest BCUT2D eigenvalue weighted by Crippen LogP contribution is 2.36. The van der Waals surface area contributed by atoms with Gasteiger partial charge in [-0.1, -0.05) is 46.3 Å². The first-order valence-electron chi connectivity index (χ1n) is 5.26. The van der Waals surface area contributed by atoms with Gasteiger partial charge in [-0.2, -0.15) is 0 Å². The molecule has 0 saturated carbocycles. The molecule has 0 fully saturated rings. The van der Waals surface area contributed by atoms with Crippen LogP contribution in [0.25, 0.3) is 0 Å². The van der Waals surface area contributed by atoms with Gasteiger partial charge in [0.2, 0.25) is 0 Å². The van der Waals surface area contributed by atoms with E-state index in [0.29, 0.717) is 10.8 Å². The van der Waals surface area contributed by atoms with Crippen molar-refractivity contribution in [3.8, 4) is 0 Å². The molecule has 0 radical (unpaired) electrons. The molecule has 0 atom stereocenters. The normalized spacial score (nSPS) is 12.8. The molecule has 0 bridgehead atoms. The van der Waals surface area contributed by atoms with Gasteiger partial charge in [-0.15, -0.1) is 0 Å². The summed E-state index contributed by atoms with van der Waals surface area (Å²) in [5.41, 5.74) is 2.32. The summed E-state index contributed by atoms with van der Waals surface area (Å²) in [4.78, 5) is 0. The lowest BCUT2D eigenvalue weighted by Crippen LogP contribution is -2.20. The summed E-state index contributed by atoms with van der Waals surface area (Å²) in [7, 11) is 0. The molecule has 78 valence electrons. The summed E-state index contributed by atoms with van der Waals surface area (Å²) in [6.07, 6.45) is 4.84. The highest BCUT2D eigenvalue weighted by atomic mass is 14.3. The van der Waals surface area contributed by atoms with Crippen LogP contribution in [0.4, 0.5) is 0 Å². The van der Waals surface area contributed by atoms with Crippen LogP contribution in [0.5, 0.6) is 0 Å². The number of allylic oxidation sites excluding steroid dienone is 2. The Labute approximate surface area is 84.4 Å².